The maximum Gasteiger partial charge on any atom is 0.232 e. The highest BCUT2D eigenvalue weighted by molar-refractivity contribution is 7.92. The van der Waals surface area contributed by atoms with Crippen molar-refractivity contribution in [1.29, 1.82) is 0 Å². The Bertz CT molecular complexity index is 910. The van der Waals surface area contributed by atoms with Gasteiger partial charge >= 0.3 is 0 Å². The monoisotopic (exact) mass is 390 g/mol. The number of anilines is 2. The molecular weight excluding hydrogens is 364 g/mol. The van der Waals surface area contributed by atoms with Crippen molar-refractivity contribution in [2.75, 3.05) is 29.0 Å². The van der Waals surface area contributed by atoms with E-state index in [1.54, 1.807) is 24.3 Å². The second-order valence-corrected chi connectivity index (χ2v) is 8.26. The molecule has 0 heterocycles. The molecule has 1 amide bonds. The van der Waals surface area contributed by atoms with Crippen molar-refractivity contribution >= 4 is 27.3 Å². The van der Waals surface area contributed by atoms with Crippen LogP contribution in [0.3, 0.4) is 0 Å². The summed E-state index contributed by atoms with van der Waals surface area (Å²) in [7, 11) is -3.57. The minimum Gasteiger partial charge on any atom is -0.492 e. The maximum atomic E-state index is 12.4. The van der Waals surface area contributed by atoms with Gasteiger partial charge in [-0.25, -0.2) is 8.42 Å². The Morgan fingerprint density at radius 1 is 1.15 bits per heavy atom. The number of aryl methyl sites for hydroxylation is 2. The summed E-state index contributed by atoms with van der Waals surface area (Å²) < 4.78 is 31.3. The summed E-state index contributed by atoms with van der Waals surface area (Å²) in [4.78, 5) is 12.4. The summed E-state index contributed by atoms with van der Waals surface area (Å²) >= 11 is 0. The molecule has 0 aromatic heterocycles. The number of hydrogen-bond acceptors (Lipinski definition) is 4. The standard InChI is InChI=1S/C20H26N2O4S/c1-5-26-19-9-7-6-8-18(19)22(27(4,24)25)13-12-20(23)21-17-11-10-15(2)14-16(17)3/h6-11,14H,5,12-13H2,1-4H3,(H,21,23). The van der Waals surface area contributed by atoms with Crippen molar-refractivity contribution in [2.24, 2.45) is 0 Å². The first kappa shape index (κ1) is 20.8. The molecular formula is C20H26N2O4S. The number of amides is 1. The lowest BCUT2D eigenvalue weighted by molar-refractivity contribution is -0.116. The second-order valence-electron chi connectivity index (χ2n) is 6.35. The van der Waals surface area contributed by atoms with Gasteiger partial charge in [0.2, 0.25) is 15.9 Å². The first-order chi connectivity index (χ1) is 12.7. The van der Waals surface area contributed by atoms with Crippen LogP contribution in [-0.2, 0) is 14.8 Å². The minimum atomic E-state index is -3.57. The van der Waals surface area contributed by atoms with Crippen molar-refractivity contribution in [3.8, 4) is 5.75 Å². The van der Waals surface area contributed by atoms with Crippen LogP contribution in [-0.4, -0.2) is 33.7 Å². The molecule has 7 heteroatoms. The normalized spacial score (nSPS) is 11.1. The Morgan fingerprint density at radius 2 is 1.85 bits per heavy atom. The van der Waals surface area contributed by atoms with Crippen LogP contribution >= 0.6 is 0 Å². The zero-order chi connectivity index (χ0) is 20.0. The van der Waals surface area contributed by atoms with Crippen molar-refractivity contribution in [3.63, 3.8) is 0 Å². The van der Waals surface area contributed by atoms with Crippen LogP contribution in [0.1, 0.15) is 24.5 Å². The first-order valence-electron chi connectivity index (χ1n) is 8.79. The third-order valence-corrected chi connectivity index (χ3v) is 5.21. The molecule has 0 aliphatic rings. The van der Waals surface area contributed by atoms with E-state index in [9.17, 15) is 13.2 Å². The number of carbonyl (C=O) groups excluding carboxylic acids is 1. The van der Waals surface area contributed by atoms with Gasteiger partial charge in [0.25, 0.3) is 0 Å². The molecule has 1 N–H and O–H groups in total. The average Bonchev–Trinajstić information content (AvgIpc) is 2.58. The Kier molecular flexibility index (Phi) is 6.85. The number of nitrogens with zero attached hydrogens (tertiary/aromatic N) is 1. The summed E-state index contributed by atoms with van der Waals surface area (Å²) in [5, 5.41) is 2.84. The highest BCUT2D eigenvalue weighted by Crippen LogP contribution is 2.30. The number of hydrogen-bond donors (Lipinski definition) is 1. The smallest absolute Gasteiger partial charge is 0.232 e. The number of rotatable bonds is 8. The highest BCUT2D eigenvalue weighted by Gasteiger charge is 2.22. The molecule has 0 atom stereocenters. The Hall–Kier alpha value is -2.54. The van der Waals surface area contributed by atoms with E-state index < -0.39 is 10.0 Å². The summed E-state index contributed by atoms with van der Waals surface area (Å²) in [6.45, 7) is 6.18. The molecule has 0 fully saturated rings. The lowest BCUT2D eigenvalue weighted by Crippen LogP contribution is -2.33. The van der Waals surface area contributed by atoms with Crippen LogP contribution in [0.25, 0.3) is 0 Å². The Morgan fingerprint density at radius 3 is 2.48 bits per heavy atom. The molecule has 6 nitrogen and oxygen atoms in total. The first-order valence-corrected chi connectivity index (χ1v) is 10.6. The van der Waals surface area contributed by atoms with Crippen LogP contribution < -0.4 is 14.4 Å². The minimum absolute atomic E-state index is 0.0274. The van der Waals surface area contributed by atoms with Gasteiger partial charge in [-0.05, 0) is 44.5 Å². The SMILES string of the molecule is CCOc1ccccc1N(CCC(=O)Nc1ccc(C)cc1C)S(C)(=O)=O. The molecule has 0 unspecified atom stereocenters. The molecule has 0 spiro atoms. The Balaban J connectivity index is 2.15. The molecule has 0 bridgehead atoms. The zero-order valence-corrected chi connectivity index (χ0v) is 17.0. The third-order valence-electron chi connectivity index (χ3n) is 4.03. The van der Waals surface area contributed by atoms with Crippen LogP contribution in [0.4, 0.5) is 11.4 Å². The topological polar surface area (TPSA) is 75.7 Å². The average molecular weight is 391 g/mol. The van der Waals surface area contributed by atoms with Crippen molar-refractivity contribution in [2.45, 2.75) is 27.2 Å². The van der Waals surface area contributed by atoms with Crippen LogP contribution in [0, 0.1) is 13.8 Å². The van der Waals surface area contributed by atoms with Crippen LogP contribution in [0.15, 0.2) is 42.5 Å². The van der Waals surface area contributed by atoms with E-state index in [0.29, 0.717) is 18.0 Å². The lowest BCUT2D eigenvalue weighted by atomic mass is 10.1. The van der Waals surface area contributed by atoms with Gasteiger partial charge in [-0.2, -0.15) is 0 Å². The maximum absolute atomic E-state index is 12.4. The molecule has 0 aliphatic heterocycles. The van der Waals surface area contributed by atoms with Crippen molar-refractivity contribution in [3.05, 3.63) is 53.6 Å². The fraction of sp³-hybridized carbons (Fsp3) is 0.350. The van der Waals surface area contributed by atoms with E-state index in [-0.39, 0.29) is 18.9 Å². The van der Waals surface area contributed by atoms with E-state index in [1.165, 1.54) is 4.31 Å². The van der Waals surface area contributed by atoms with E-state index >= 15 is 0 Å². The summed E-state index contributed by atoms with van der Waals surface area (Å²) in [6, 6.07) is 12.7. The van der Waals surface area contributed by atoms with Gasteiger partial charge in [-0.1, -0.05) is 29.8 Å². The largest absolute Gasteiger partial charge is 0.492 e. The molecule has 2 aromatic rings. The third kappa shape index (κ3) is 5.72. The van der Waals surface area contributed by atoms with E-state index in [1.807, 2.05) is 39.0 Å². The van der Waals surface area contributed by atoms with Gasteiger partial charge in [0.15, 0.2) is 0 Å². The van der Waals surface area contributed by atoms with Crippen LogP contribution in [0.5, 0.6) is 5.75 Å². The fourth-order valence-electron chi connectivity index (χ4n) is 2.78. The number of para-hydroxylation sites is 2. The lowest BCUT2D eigenvalue weighted by Gasteiger charge is -2.24. The molecule has 2 rings (SSSR count). The van der Waals surface area contributed by atoms with Crippen molar-refractivity contribution < 1.29 is 17.9 Å². The molecule has 0 radical (unpaired) electrons. The highest BCUT2D eigenvalue weighted by atomic mass is 32.2. The van der Waals surface area contributed by atoms with E-state index in [2.05, 4.69) is 5.32 Å². The predicted octanol–water partition coefficient (Wildman–Crippen LogP) is 3.50. The molecule has 0 saturated carbocycles. The summed E-state index contributed by atoms with van der Waals surface area (Å²) in [5.74, 6) is 0.227. The van der Waals surface area contributed by atoms with Gasteiger partial charge in [0.05, 0.1) is 18.6 Å². The molecule has 146 valence electrons. The van der Waals surface area contributed by atoms with Gasteiger partial charge < -0.3 is 10.1 Å². The van der Waals surface area contributed by atoms with Crippen LogP contribution in [0.2, 0.25) is 0 Å². The summed E-state index contributed by atoms with van der Waals surface area (Å²) in [6.07, 6.45) is 1.15. The Labute approximate surface area is 161 Å². The number of ether oxygens (including phenoxy) is 1. The number of benzene rings is 2. The molecule has 0 saturated heterocycles. The van der Waals surface area contributed by atoms with Gasteiger partial charge in [-0.15, -0.1) is 0 Å². The quantitative estimate of drug-likeness (QED) is 0.749. The molecule has 0 aliphatic carbocycles. The van der Waals surface area contributed by atoms with Gasteiger partial charge in [0, 0.05) is 18.7 Å². The van der Waals surface area contributed by atoms with Gasteiger partial charge in [0.1, 0.15) is 5.75 Å². The second kappa shape index (κ2) is 8.90. The van der Waals surface area contributed by atoms with Gasteiger partial charge in [-0.3, -0.25) is 9.10 Å². The number of nitrogens with one attached hydrogen (secondary N) is 1. The predicted molar refractivity (Wildman–Crippen MR) is 109 cm³/mol. The fourth-order valence-corrected chi connectivity index (χ4v) is 3.71. The van der Waals surface area contributed by atoms with E-state index in [0.717, 1.165) is 23.1 Å². The molecule has 27 heavy (non-hydrogen) atoms. The zero-order valence-electron chi connectivity index (χ0n) is 16.2. The van der Waals surface area contributed by atoms with E-state index in [4.69, 9.17) is 4.74 Å². The summed E-state index contributed by atoms with van der Waals surface area (Å²) in [5.41, 5.74) is 3.23. The molecule has 2 aromatic carbocycles. The number of carbonyl (C=O) groups is 1. The van der Waals surface area contributed by atoms with Crippen molar-refractivity contribution in [1.82, 2.24) is 0 Å². The number of sulfonamides is 1.